The molecule has 1 heteroatoms. The van der Waals surface area contributed by atoms with Crippen molar-refractivity contribution in [3.63, 3.8) is 0 Å². The highest BCUT2D eigenvalue weighted by Gasteiger charge is 2.18. The van der Waals surface area contributed by atoms with Crippen LogP contribution in [-0.2, 0) is 0 Å². The van der Waals surface area contributed by atoms with E-state index in [9.17, 15) is 4.79 Å². The minimum absolute atomic E-state index is 0.0256. The van der Waals surface area contributed by atoms with Gasteiger partial charge >= 0.3 is 0 Å². The van der Waals surface area contributed by atoms with Gasteiger partial charge in [0.2, 0.25) is 0 Å². The quantitative estimate of drug-likeness (QED) is 0.549. The predicted octanol–water partition coefficient (Wildman–Crippen LogP) is 4.01. The Morgan fingerprint density at radius 3 is 2.25 bits per heavy atom. The number of carbonyl (C=O) groups excluding carboxylic acids is 1. The first-order valence-electron chi connectivity index (χ1n) is 5.70. The van der Waals surface area contributed by atoms with Crippen molar-refractivity contribution in [2.45, 2.75) is 34.1 Å². The normalized spacial score (nSPS) is 12.2. The predicted molar refractivity (Wildman–Crippen MR) is 69.0 cm³/mol. The van der Waals surface area contributed by atoms with Crippen molar-refractivity contribution in [2.24, 2.45) is 5.92 Å². The topological polar surface area (TPSA) is 17.1 Å². The van der Waals surface area contributed by atoms with Gasteiger partial charge in [0, 0.05) is 11.5 Å². The third kappa shape index (κ3) is 2.60. The fraction of sp³-hybridized carbons (Fsp3) is 0.400. The van der Waals surface area contributed by atoms with Gasteiger partial charge in [0.05, 0.1) is 0 Å². The van der Waals surface area contributed by atoms with Crippen LogP contribution >= 0.6 is 0 Å². The molecule has 1 rings (SSSR count). The van der Waals surface area contributed by atoms with Gasteiger partial charge in [-0.05, 0) is 38.3 Å². The Morgan fingerprint density at radius 2 is 1.81 bits per heavy atom. The van der Waals surface area contributed by atoms with Gasteiger partial charge in [-0.25, -0.2) is 0 Å². The van der Waals surface area contributed by atoms with E-state index in [2.05, 4.69) is 25.6 Å². The van der Waals surface area contributed by atoms with Gasteiger partial charge < -0.3 is 0 Å². The number of benzene rings is 1. The molecule has 0 saturated heterocycles. The zero-order valence-electron chi connectivity index (χ0n) is 10.6. The third-order valence-corrected chi connectivity index (χ3v) is 2.89. The molecule has 0 N–H and O–H groups in total. The molecule has 1 atom stereocenters. The molecule has 0 amide bonds. The lowest BCUT2D eigenvalue weighted by Gasteiger charge is -2.14. The van der Waals surface area contributed by atoms with E-state index in [0.29, 0.717) is 0 Å². The van der Waals surface area contributed by atoms with Crippen molar-refractivity contribution in [3.05, 3.63) is 47.0 Å². The second-order valence-corrected chi connectivity index (χ2v) is 4.56. The maximum absolute atomic E-state index is 12.2. The maximum Gasteiger partial charge on any atom is 0.166 e. The van der Waals surface area contributed by atoms with Gasteiger partial charge in [0.25, 0.3) is 0 Å². The zero-order valence-corrected chi connectivity index (χ0v) is 10.6. The fourth-order valence-electron chi connectivity index (χ4n) is 2.17. The molecular formula is C15H20O. The van der Waals surface area contributed by atoms with E-state index in [0.717, 1.165) is 23.1 Å². The summed E-state index contributed by atoms with van der Waals surface area (Å²) < 4.78 is 0. The molecule has 86 valence electrons. The molecular weight excluding hydrogens is 196 g/mol. The molecule has 1 unspecified atom stereocenters. The van der Waals surface area contributed by atoms with E-state index in [4.69, 9.17) is 0 Å². The number of carbonyl (C=O) groups is 1. The van der Waals surface area contributed by atoms with E-state index in [1.807, 2.05) is 20.8 Å². The van der Waals surface area contributed by atoms with Crippen LogP contribution in [-0.4, -0.2) is 5.78 Å². The minimum atomic E-state index is 0.0256. The molecule has 0 bridgehead atoms. The molecule has 0 aliphatic rings. The first-order valence-corrected chi connectivity index (χ1v) is 5.70. The number of Topliss-reactive ketones (excluding diaryl/α,β-unsaturated/α-hetero) is 1. The highest BCUT2D eigenvalue weighted by atomic mass is 16.1. The van der Waals surface area contributed by atoms with Crippen molar-refractivity contribution in [2.75, 3.05) is 0 Å². The van der Waals surface area contributed by atoms with Crippen LogP contribution in [0.25, 0.3) is 0 Å². The number of rotatable bonds is 4. The first kappa shape index (κ1) is 12.7. The number of allylic oxidation sites excluding steroid dienone is 1. The van der Waals surface area contributed by atoms with Crippen LogP contribution in [0, 0.1) is 26.7 Å². The molecule has 0 aliphatic carbocycles. The lowest BCUT2D eigenvalue weighted by Crippen LogP contribution is -2.13. The zero-order chi connectivity index (χ0) is 12.3. The average Bonchev–Trinajstić information content (AvgIpc) is 2.16. The molecule has 0 saturated carbocycles. The van der Waals surface area contributed by atoms with Crippen molar-refractivity contribution in [3.8, 4) is 0 Å². The van der Waals surface area contributed by atoms with Crippen LogP contribution in [0.1, 0.15) is 40.4 Å². The number of hydrogen-bond acceptors (Lipinski definition) is 1. The van der Waals surface area contributed by atoms with E-state index in [1.54, 1.807) is 6.08 Å². The smallest absolute Gasteiger partial charge is 0.166 e. The summed E-state index contributed by atoms with van der Waals surface area (Å²) in [6.07, 6.45) is 2.55. The average molecular weight is 216 g/mol. The SMILES string of the molecule is C=CCC(C)C(=O)c1c(C)cc(C)cc1C. The molecule has 0 spiro atoms. The molecule has 1 aromatic carbocycles. The second kappa shape index (κ2) is 5.11. The largest absolute Gasteiger partial charge is 0.294 e. The van der Waals surface area contributed by atoms with Gasteiger partial charge in [-0.15, -0.1) is 6.58 Å². The van der Waals surface area contributed by atoms with Gasteiger partial charge in [-0.1, -0.05) is 30.7 Å². The molecule has 0 radical (unpaired) electrons. The summed E-state index contributed by atoms with van der Waals surface area (Å²) in [4.78, 5) is 12.2. The number of ketones is 1. The highest BCUT2D eigenvalue weighted by molar-refractivity contribution is 6.00. The Morgan fingerprint density at radius 1 is 1.31 bits per heavy atom. The van der Waals surface area contributed by atoms with Gasteiger partial charge in [-0.3, -0.25) is 4.79 Å². The standard InChI is InChI=1S/C15H20O/c1-6-7-11(3)15(16)14-12(4)8-10(2)9-13(14)5/h6,8-9,11H,1,7H2,2-5H3. The Hall–Kier alpha value is -1.37. The lowest BCUT2D eigenvalue weighted by atomic mass is 9.89. The van der Waals surface area contributed by atoms with Gasteiger partial charge in [0.15, 0.2) is 5.78 Å². The summed E-state index contributed by atoms with van der Waals surface area (Å²) in [5.41, 5.74) is 4.26. The molecule has 1 nitrogen and oxygen atoms in total. The summed E-state index contributed by atoms with van der Waals surface area (Å²) in [5, 5.41) is 0. The molecule has 16 heavy (non-hydrogen) atoms. The van der Waals surface area contributed by atoms with Crippen LogP contribution in [0.15, 0.2) is 24.8 Å². The van der Waals surface area contributed by atoms with E-state index >= 15 is 0 Å². The summed E-state index contributed by atoms with van der Waals surface area (Å²) in [6, 6.07) is 4.14. The minimum Gasteiger partial charge on any atom is -0.294 e. The van der Waals surface area contributed by atoms with Gasteiger partial charge in [0.1, 0.15) is 0 Å². The Kier molecular flexibility index (Phi) is 4.05. The summed E-state index contributed by atoms with van der Waals surface area (Å²) in [7, 11) is 0. The Balaban J connectivity index is 3.13. The highest BCUT2D eigenvalue weighted by Crippen LogP contribution is 2.21. The van der Waals surface area contributed by atoms with Crippen molar-refractivity contribution >= 4 is 5.78 Å². The molecule has 0 heterocycles. The maximum atomic E-state index is 12.2. The van der Waals surface area contributed by atoms with Crippen molar-refractivity contribution in [1.29, 1.82) is 0 Å². The molecule has 0 aromatic heterocycles. The van der Waals surface area contributed by atoms with Crippen LogP contribution in [0.3, 0.4) is 0 Å². The first-order chi connectivity index (χ1) is 7.47. The molecule has 0 fully saturated rings. The molecule has 1 aromatic rings. The Bertz CT molecular complexity index is 392. The van der Waals surface area contributed by atoms with Crippen LogP contribution in [0.4, 0.5) is 0 Å². The van der Waals surface area contributed by atoms with E-state index < -0.39 is 0 Å². The van der Waals surface area contributed by atoms with Gasteiger partial charge in [-0.2, -0.15) is 0 Å². The summed E-state index contributed by atoms with van der Waals surface area (Å²) in [5.74, 6) is 0.257. The fourth-order valence-corrected chi connectivity index (χ4v) is 2.17. The van der Waals surface area contributed by atoms with Crippen molar-refractivity contribution < 1.29 is 4.79 Å². The molecule has 0 aliphatic heterocycles. The van der Waals surface area contributed by atoms with E-state index in [1.165, 1.54) is 5.56 Å². The summed E-state index contributed by atoms with van der Waals surface area (Å²) >= 11 is 0. The van der Waals surface area contributed by atoms with Crippen LogP contribution in [0.5, 0.6) is 0 Å². The van der Waals surface area contributed by atoms with E-state index in [-0.39, 0.29) is 11.7 Å². The van der Waals surface area contributed by atoms with Crippen LogP contribution < -0.4 is 0 Å². The Labute approximate surface area is 98.2 Å². The second-order valence-electron chi connectivity index (χ2n) is 4.56. The monoisotopic (exact) mass is 216 g/mol. The van der Waals surface area contributed by atoms with Crippen molar-refractivity contribution in [1.82, 2.24) is 0 Å². The van der Waals surface area contributed by atoms with Crippen LogP contribution in [0.2, 0.25) is 0 Å². The lowest BCUT2D eigenvalue weighted by molar-refractivity contribution is 0.0930. The number of aryl methyl sites for hydroxylation is 3. The third-order valence-electron chi connectivity index (χ3n) is 2.89. The number of hydrogen-bond donors (Lipinski definition) is 0. The summed E-state index contributed by atoms with van der Waals surface area (Å²) in [6.45, 7) is 11.7.